The van der Waals surface area contributed by atoms with Crippen molar-refractivity contribution in [2.24, 2.45) is 0 Å². The van der Waals surface area contributed by atoms with Gasteiger partial charge in [0.15, 0.2) is 15.3 Å². The summed E-state index contributed by atoms with van der Waals surface area (Å²) in [6.45, 7) is 6.46. The Kier molecular flexibility index (Phi) is 4.32. The fraction of sp³-hybridized carbons (Fsp3) is 0.800. The Morgan fingerprint density at radius 1 is 1.24 bits per heavy atom. The third kappa shape index (κ3) is 3.05. The molecule has 1 aliphatic rings. The lowest BCUT2D eigenvalue weighted by atomic mass is 10.0. The molecule has 1 rings (SSSR count). The van der Waals surface area contributed by atoms with Crippen molar-refractivity contribution in [2.75, 3.05) is 5.75 Å². The summed E-state index contributed by atoms with van der Waals surface area (Å²) >= 11 is 0. The normalized spacial score (nSPS) is 39.0. The largest absolute Gasteiger partial charge is 0.388 e. The van der Waals surface area contributed by atoms with Gasteiger partial charge in [0.1, 0.15) is 18.3 Å². The van der Waals surface area contributed by atoms with E-state index < -0.39 is 39.7 Å². The number of aliphatic hydroxyl groups excluding tert-OH is 3. The van der Waals surface area contributed by atoms with Gasteiger partial charge in [-0.2, -0.15) is 0 Å². The summed E-state index contributed by atoms with van der Waals surface area (Å²) in [6.07, 6.45) is -5.37. The Morgan fingerprint density at radius 3 is 2.24 bits per heavy atom. The molecule has 1 aliphatic heterocycles. The van der Waals surface area contributed by atoms with Gasteiger partial charge in [-0.1, -0.05) is 12.2 Å². The summed E-state index contributed by atoms with van der Waals surface area (Å²) in [5, 5.41) is 28.6. The summed E-state index contributed by atoms with van der Waals surface area (Å²) in [5.41, 5.74) is -1.12. The van der Waals surface area contributed by atoms with Crippen LogP contribution in [-0.4, -0.2) is 59.3 Å². The Labute approximate surface area is 100 Å². The first-order chi connectivity index (χ1) is 7.66. The molecule has 6 nitrogen and oxygen atoms in total. The number of hydrogen-bond donors (Lipinski definition) is 3. The first kappa shape index (κ1) is 14.6. The third-order valence-corrected chi connectivity index (χ3v) is 4.60. The second-order valence-corrected chi connectivity index (χ2v) is 6.52. The lowest BCUT2D eigenvalue weighted by Crippen LogP contribution is -2.59. The van der Waals surface area contributed by atoms with E-state index in [1.54, 1.807) is 6.92 Å². The van der Waals surface area contributed by atoms with Crippen LogP contribution in [0.15, 0.2) is 12.2 Å². The fourth-order valence-electron chi connectivity index (χ4n) is 1.74. The second kappa shape index (κ2) is 5.03. The first-order valence-electron chi connectivity index (χ1n) is 5.22. The van der Waals surface area contributed by atoms with Gasteiger partial charge in [0.25, 0.3) is 0 Å². The van der Waals surface area contributed by atoms with E-state index in [0.717, 1.165) is 0 Å². The highest BCUT2D eigenvalue weighted by atomic mass is 32.2. The van der Waals surface area contributed by atoms with E-state index in [4.69, 9.17) is 4.74 Å². The molecule has 1 saturated heterocycles. The lowest BCUT2D eigenvalue weighted by Gasteiger charge is -2.38. The van der Waals surface area contributed by atoms with E-state index in [2.05, 4.69) is 6.58 Å². The molecule has 5 atom stereocenters. The van der Waals surface area contributed by atoms with Gasteiger partial charge in [0, 0.05) is 0 Å². The molecule has 0 amide bonds. The average Bonchev–Trinajstić information content (AvgIpc) is 2.18. The zero-order valence-corrected chi connectivity index (χ0v) is 10.6. The van der Waals surface area contributed by atoms with Crippen LogP contribution in [0.25, 0.3) is 0 Å². The van der Waals surface area contributed by atoms with Crippen molar-refractivity contribution < 1.29 is 28.5 Å². The molecule has 100 valence electrons. The molecule has 0 aromatic heterocycles. The maximum Gasteiger partial charge on any atom is 0.187 e. The Hall–Kier alpha value is -0.470. The molecule has 0 radical (unpaired) electrons. The molecule has 0 aliphatic carbocycles. The molecule has 0 bridgehead atoms. The Balaban J connectivity index is 2.95. The second-order valence-electron chi connectivity index (χ2n) is 4.45. The maximum atomic E-state index is 11.9. The van der Waals surface area contributed by atoms with Gasteiger partial charge in [0.2, 0.25) is 0 Å². The Bertz CT molecular complexity index is 390. The quantitative estimate of drug-likeness (QED) is 0.555. The minimum Gasteiger partial charge on any atom is -0.388 e. The van der Waals surface area contributed by atoms with Crippen LogP contribution >= 0.6 is 0 Å². The number of ether oxygens (including phenoxy) is 1. The van der Waals surface area contributed by atoms with E-state index in [0.29, 0.717) is 5.57 Å². The van der Waals surface area contributed by atoms with Crippen molar-refractivity contribution >= 4 is 9.84 Å². The summed E-state index contributed by atoms with van der Waals surface area (Å²) in [5.74, 6) is -0.329. The minimum absolute atomic E-state index is 0.329. The van der Waals surface area contributed by atoms with Crippen molar-refractivity contribution in [2.45, 2.75) is 43.7 Å². The van der Waals surface area contributed by atoms with E-state index in [-0.39, 0.29) is 5.75 Å². The molecule has 17 heavy (non-hydrogen) atoms. The van der Waals surface area contributed by atoms with Crippen molar-refractivity contribution in [1.29, 1.82) is 0 Å². The van der Waals surface area contributed by atoms with Crippen LogP contribution in [0.1, 0.15) is 13.8 Å². The fourth-order valence-corrected chi connectivity index (χ4v) is 3.52. The van der Waals surface area contributed by atoms with E-state index in [9.17, 15) is 23.7 Å². The zero-order chi connectivity index (χ0) is 13.4. The molecule has 0 aromatic carbocycles. The number of aliphatic hydroxyl groups is 3. The summed E-state index contributed by atoms with van der Waals surface area (Å²) < 4.78 is 28.8. The minimum atomic E-state index is -3.76. The highest BCUT2D eigenvalue weighted by molar-refractivity contribution is 7.92. The number of sulfone groups is 1. The zero-order valence-electron chi connectivity index (χ0n) is 9.78. The monoisotopic (exact) mass is 266 g/mol. The predicted octanol–water partition coefficient (Wildman–Crippen LogP) is -1.20. The molecule has 1 heterocycles. The van der Waals surface area contributed by atoms with Crippen molar-refractivity contribution in [3.05, 3.63) is 12.2 Å². The molecule has 7 heteroatoms. The maximum absolute atomic E-state index is 11.9. The van der Waals surface area contributed by atoms with Crippen LogP contribution in [-0.2, 0) is 14.6 Å². The topological polar surface area (TPSA) is 104 Å². The van der Waals surface area contributed by atoms with Gasteiger partial charge in [-0.15, -0.1) is 0 Å². The molecule has 0 aromatic rings. The first-order valence-corrected chi connectivity index (χ1v) is 6.94. The van der Waals surface area contributed by atoms with Crippen LogP contribution in [0.4, 0.5) is 0 Å². The summed E-state index contributed by atoms with van der Waals surface area (Å²) in [4.78, 5) is 0. The average molecular weight is 266 g/mol. The van der Waals surface area contributed by atoms with Crippen LogP contribution < -0.4 is 0 Å². The van der Waals surface area contributed by atoms with E-state index >= 15 is 0 Å². The van der Waals surface area contributed by atoms with Crippen molar-refractivity contribution in [3.8, 4) is 0 Å². The SMILES string of the molecule is C=C(C)CS(=O)(=O)[C@@H]1O[C@@H](C)[C@H](O)[C@@H](O)[C@H]1O. The van der Waals surface area contributed by atoms with Crippen LogP contribution in [0.3, 0.4) is 0 Å². The van der Waals surface area contributed by atoms with Gasteiger partial charge in [-0.25, -0.2) is 8.42 Å². The van der Waals surface area contributed by atoms with Crippen LogP contribution in [0.5, 0.6) is 0 Å². The lowest BCUT2D eigenvalue weighted by molar-refractivity contribution is -0.194. The van der Waals surface area contributed by atoms with Gasteiger partial charge in [0.05, 0.1) is 11.9 Å². The van der Waals surface area contributed by atoms with Gasteiger partial charge >= 0.3 is 0 Å². The molecule has 0 unspecified atom stereocenters. The molecular weight excluding hydrogens is 248 g/mol. The molecule has 3 N–H and O–H groups in total. The van der Waals surface area contributed by atoms with Gasteiger partial charge < -0.3 is 20.1 Å². The summed E-state index contributed by atoms with van der Waals surface area (Å²) in [7, 11) is -3.76. The molecule has 1 fully saturated rings. The predicted molar refractivity (Wildman–Crippen MR) is 61.0 cm³/mol. The standard InChI is InChI=1S/C10H18O6S/c1-5(2)4-17(14,15)10-9(13)8(12)7(11)6(3)16-10/h6-13H,1,4H2,2-3H3/t6-,7-,8+,9+,10-/m0/s1. The number of rotatable bonds is 3. The van der Waals surface area contributed by atoms with Gasteiger partial charge in [-0.05, 0) is 13.8 Å². The summed E-state index contributed by atoms with van der Waals surface area (Å²) in [6, 6.07) is 0. The van der Waals surface area contributed by atoms with E-state index in [1.807, 2.05) is 0 Å². The highest BCUT2D eigenvalue weighted by Crippen LogP contribution is 2.25. The third-order valence-electron chi connectivity index (χ3n) is 2.61. The molecular formula is C10H18O6S. The number of hydrogen-bond acceptors (Lipinski definition) is 6. The highest BCUT2D eigenvalue weighted by Gasteiger charge is 2.47. The van der Waals surface area contributed by atoms with Crippen LogP contribution in [0.2, 0.25) is 0 Å². The van der Waals surface area contributed by atoms with Crippen molar-refractivity contribution in [3.63, 3.8) is 0 Å². The smallest absolute Gasteiger partial charge is 0.187 e. The van der Waals surface area contributed by atoms with Crippen LogP contribution in [0, 0.1) is 0 Å². The molecule has 0 saturated carbocycles. The van der Waals surface area contributed by atoms with Crippen molar-refractivity contribution in [1.82, 2.24) is 0 Å². The van der Waals surface area contributed by atoms with E-state index in [1.165, 1.54) is 6.92 Å². The molecule has 0 spiro atoms. The van der Waals surface area contributed by atoms with Gasteiger partial charge in [-0.3, -0.25) is 0 Å². The Morgan fingerprint density at radius 2 is 1.76 bits per heavy atom.